The summed E-state index contributed by atoms with van der Waals surface area (Å²) in [5, 5.41) is 0. The number of thiophene rings is 1. The van der Waals surface area contributed by atoms with Gasteiger partial charge in [-0.15, -0.1) is 11.3 Å². The van der Waals surface area contributed by atoms with Gasteiger partial charge in [-0.1, -0.05) is 18.2 Å². The molecule has 0 saturated carbocycles. The van der Waals surface area contributed by atoms with E-state index in [4.69, 9.17) is 4.74 Å². The van der Waals surface area contributed by atoms with Crippen molar-refractivity contribution in [1.29, 1.82) is 0 Å². The molecule has 0 aliphatic carbocycles. The molecule has 94 valence electrons. The number of nitrogens with zero attached hydrogens (tertiary/aromatic N) is 1. The summed E-state index contributed by atoms with van der Waals surface area (Å²) in [6.45, 7) is 2.90. The average molecular weight is 259 g/mol. The Kier molecular flexibility index (Phi) is 4.53. The van der Waals surface area contributed by atoms with E-state index < -0.39 is 0 Å². The van der Waals surface area contributed by atoms with Crippen LogP contribution < -0.4 is 4.74 Å². The summed E-state index contributed by atoms with van der Waals surface area (Å²) in [6, 6.07) is 12.3. The molecule has 0 bridgehead atoms. The third-order valence-electron chi connectivity index (χ3n) is 2.68. The maximum atomic E-state index is 5.31. The fourth-order valence-electron chi connectivity index (χ4n) is 1.77. The zero-order chi connectivity index (χ0) is 12.8. The topological polar surface area (TPSA) is 21.6 Å². The molecule has 0 fully saturated rings. The summed E-state index contributed by atoms with van der Waals surface area (Å²) in [7, 11) is 1.70. The molecule has 0 amide bonds. The van der Waals surface area contributed by atoms with Crippen LogP contribution in [-0.4, -0.2) is 19.9 Å². The maximum absolute atomic E-state index is 5.31. The highest BCUT2D eigenvalue weighted by atomic mass is 32.1. The Morgan fingerprint density at radius 1 is 1.22 bits per heavy atom. The molecule has 0 atom stereocenters. The van der Waals surface area contributed by atoms with Crippen molar-refractivity contribution in [2.24, 2.45) is 4.99 Å². The molecular weight excluding hydrogens is 242 g/mol. The van der Waals surface area contributed by atoms with Crippen LogP contribution in [-0.2, 0) is 6.42 Å². The summed E-state index contributed by atoms with van der Waals surface area (Å²) in [5.41, 5.74) is 1.21. The fraction of sp³-hybridized carbons (Fsp3) is 0.267. The van der Waals surface area contributed by atoms with Crippen LogP contribution in [0.25, 0.3) is 0 Å². The second-order valence-electron chi connectivity index (χ2n) is 4.05. The first-order valence-electron chi connectivity index (χ1n) is 5.98. The smallest absolute Gasteiger partial charge is 0.122 e. The van der Waals surface area contributed by atoms with Crippen LogP contribution in [0.5, 0.6) is 5.75 Å². The van der Waals surface area contributed by atoms with E-state index in [-0.39, 0.29) is 0 Å². The predicted molar refractivity (Wildman–Crippen MR) is 78.2 cm³/mol. The van der Waals surface area contributed by atoms with Crippen LogP contribution in [0.1, 0.15) is 15.3 Å². The number of rotatable bonds is 5. The number of aryl methyl sites for hydroxylation is 1. The monoisotopic (exact) mass is 259 g/mol. The molecular formula is C15H17NOS. The third kappa shape index (κ3) is 3.44. The molecule has 0 aliphatic rings. The second kappa shape index (κ2) is 6.36. The van der Waals surface area contributed by atoms with E-state index in [0.29, 0.717) is 0 Å². The highest BCUT2D eigenvalue weighted by molar-refractivity contribution is 7.13. The van der Waals surface area contributed by atoms with Gasteiger partial charge in [0.05, 0.1) is 7.11 Å². The molecule has 0 unspecified atom stereocenters. The fourth-order valence-corrected chi connectivity index (χ4v) is 2.54. The van der Waals surface area contributed by atoms with E-state index in [1.165, 1.54) is 15.3 Å². The lowest BCUT2D eigenvalue weighted by Gasteiger charge is -2.05. The van der Waals surface area contributed by atoms with E-state index in [9.17, 15) is 0 Å². The molecule has 18 heavy (non-hydrogen) atoms. The van der Waals surface area contributed by atoms with Gasteiger partial charge < -0.3 is 4.74 Å². The van der Waals surface area contributed by atoms with Crippen LogP contribution >= 0.6 is 11.3 Å². The van der Waals surface area contributed by atoms with Crippen molar-refractivity contribution in [1.82, 2.24) is 0 Å². The summed E-state index contributed by atoms with van der Waals surface area (Å²) in [5.74, 6) is 0.944. The Balaban J connectivity index is 1.90. The Labute approximate surface area is 112 Å². The van der Waals surface area contributed by atoms with E-state index in [0.717, 1.165) is 18.7 Å². The molecule has 0 saturated heterocycles. The first-order chi connectivity index (χ1) is 8.79. The lowest BCUT2D eigenvalue weighted by Crippen LogP contribution is -1.94. The SMILES string of the molecule is COc1ccccc1CCN=Cc1ccc(C)s1. The molecule has 0 radical (unpaired) electrons. The number of ether oxygens (including phenoxy) is 1. The van der Waals surface area contributed by atoms with Crippen LogP contribution in [0.4, 0.5) is 0 Å². The van der Waals surface area contributed by atoms with Crippen LogP contribution in [0.2, 0.25) is 0 Å². The van der Waals surface area contributed by atoms with Crippen LogP contribution in [0.3, 0.4) is 0 Å². The van der Waals surface area contributed by atoms with Gasteiger partial charge in [-0.2, -0.15) is 0 Å². The summed E-state index contributed by atoms with van der Waals surface area (Å²) in [6.07, 6.45) is 2.86. The van der Waals surface area contributed by atoms with Gasteiger partial charge in [0.25, 0.3) is 0 Å². The number of hydrogen-bond acceptors (Lipinski definition) is 3. The van der Waals surface area contributed by atoms with Crippen molar-refractivity contribution in [3.05, 3.63) is 51.7 Å². The Morgan fingerprint density at radius 3 is 2.78 bits per heavy atom. The third-order valence-corrected chi connectivity index (χ3v) is 3.62. The van der Waals surface area contributed by atoms with Crippen molar-refractivity contribution in [2.75, 3.05) is 13.7 Å². The number of aliphatic imine (C=N–C) groups is 1. The molecule has 2 rings (SSSR count). The van der Waals surface area contributed by atoms with Crippen molar-refractivity contribution in [2.45, 2.75) is 13.3 Å². The van der Waals surface area contributed by atoms with Gasteiger partial charge in [-0.25, -0.2) is 0 Å². The molecule has 3 heteroatoms. The zero-order valence-electron chi connectivity index (χ0n) is 10.7. The zero-order valence-corrected chi connectivity index (χ0v) is 11.5. The minimum Gasteiger partial charge on any atom is -0.496 e. The maximum Gasteiger partial charge on any atom is 0.122 e. The van der Waals surface area contributed by atoms with Crippen LogP contribution in [0, 0.1) is 6.92 Å². The van der Waals surface area contributed by atoms with E-state index in [2.05, 4.69) is 30.1 Å². The largest absolute Gasteiger partial charge is 0.496 e. The van der Waals surface area contributed by atoms with Crippen molar-refractivity contribution >= 4 is 17.6 Å². The quantitative estimate of drug-likeness (QED) is 0.750. The minimum absolute atomic E-state index is 0.789. The van der Waals surface area contributed by atoms with Gasteiger partial charge in [0, 0.05) is 22.5 Å². The van der Waals surface area contributed by atoms with Gasteiger partial charge in [-0.05, 0) is 37.1 Å². The normalized spacial score (nSPS) is 11.0. The van der Waals surface area contributed by atoms with Crippen LogP contribution in [0.15, 0.2) is 41.4 Å². The average Bonchev–Trinajstić information content (AvgIpc) is 2.81. The second-order valence-corrected chi connectivity index (χ2v) is 5.37. The number of hydrogen-bond donors (Lipinski definition) is 0. The first kappa shape index (κ1) is 12.8. The van der Waals surface area contributed by atoms with Gasteiger partial charge in [0.1, 0.15) is 5.75 Å². The van der Waals surface area contributed by atoms with Crippen molar-refractivity contribution in [3.8, 4) is 5.75 Å². The standard InChI is InChI=1S/C15H17NOS/c1-12-7-8-14(18-12)11-16-10-9-13-5-3-4-6-15(13)17-2/h3-8,11H,9-10H2,1-2H3. The van der Waals surface area contributed by atoms with E-state index >= 15 is 0 Å². The lowest BCUT2D eigenvalue weighted by atomic mass is 10.1. The molecule has 1 aromatic heterocycles. The van der Waals surface area contributed by atoms with Gasteiger partial charge in [0.2, 0.25) is 0 Å². The Morgan fingerprint density at radius 2 is 2.06 bits per heavy atom. The van der Waals surface area contributed by atoms with Crippen molar-refractivity contribution in [3.63, 3.8) is 0 Å². The molecule has 2 nitrogen and oxygen atoms in total. The molecule has 2 aromatic rings. The number of benzene rings is 1. The molecule has 1 heterocycles. The van der Waals surface area contributed by atoms with Gasteiger partial charge in [-0.3, -0.25) is 4.99 Å². The highest BCUT2D eigenvalue weighted by Crippen LogP contribution is 2.17. The van der Waals surface area contributed by atoms with E-state index in [1.807, 2.05) is 24.4 Å². The molecule has 1 aromatic carbocycles. The number of para-hydroxylation sites is 1. The van der Waals surface area contributed by atoms with Crippen molar-refractivity contribution < 1.29 is 4.74 Å². The summed E-state index contributed by atoms with van der Waals surface area (Å²) in [4.78, 5) is 6.99. The minimum atomic E-state index is 0.789. The highest BCUT2D eigenvalue weighted by Gasteiger charge is 1.99. The van der Waals surface area contributed by atoms with Gasteiger partial charge >= 0.3 is 0 Å². The van der Waals surface area contributed by atoms with E-state index in [1.54, 1.807) is 18.4 Å². The molecule has 0 aliphatic heterocycles. The summed E-state index contributed by atoms with van der Waals surface area (Å²) >= 11 is 1.77. The lowest BCUT2D eigenvalue weighted by molar-refractivity contribution is 0.410. The Bertz CT molecular complexity index is 531. The number of methoxy groups -OCH3 is 1. The predicted octanol–water partition coefficient (Wildman–Crippen LogP) is 3.73. The van der Waals surface area contributed by atoms with Gasteiger partial charge in [0.15, 0.2) is 0 Å². The Hall–Kier alpha value is -1.61. The first-order valence-corrected chi connectivity index (χ1v) is 6.79. The summed E-state index contributed by atoms with van der Waals surface area (Å²) < 4.78 is 5.31. The molecule has 0 spiro atoms. The molecule has 0 N–H and O–H groups in total.